The lowest BCUT2D eigenvalue weighted by Crippen LogP contribution is -2.35. The Kier molecular flexibility index (Phi) is 5.45. The van der Waals surface area contributed by atoms with E-state index in [1.54, 1.807) is 13.8 Å². The van der Waals surface area contributed by atoms with Crippen LogP contribution in [0.2, 0.25) is 0 Å². The Morgan fingerprint density at radius 2 is 1.87 bits per heavy atom. The third-order valence-electron chi connectivity index (χ3n) is 1.65. The molecule has 0 bridgehead atoms. The van der Waals surface area contributed by atoms with Gasteiger partial charge in [-0.15, -0.1) is 0 Å². The van der Waals surface area contributed by atoms with E-state index >= 15 is 0 Å². The molecule has 0 atom stereocenters. The van der Waals surface area contributed by atoms with Crippen molar-refractivity contribution in [2.45, 2.75) is 13.8 Å². The summed E-state index contributed by atoms with van der Waals surface area (Å²) in [5.41, 5.74) is 0. The molecule has 0 unspecified atom stereocenters. The van der Waals surface area contributed by atoms with Gasteiger partial charge in [-0.25, -0.2) is 13.1 Å². The Morgan fingerprint density at radius 1 is 1.33 bits per heavy atom. The van der Waals surface area contributed by atoms with Crippen LogP contribution in [0.15, 0.2) is 0 Å². The highest BCUT2D eigenvalue weighted by Crippen LogP contribution is 1.94. The molecule has 0 amide bonds. The first-order chi connectivity index (χ1) is 6.78. The predicted molar refractivity (Wildman–Crippen MR) is 53.7 cm³/mol. The van der Waals surface area contributed by atoms with Crippen molar-refractivity contribution in [3.05, 3.63) is 0 Å². The third kappa shape index (κ3) is 6.19. The molecular weight excluding hydrogens is 222 g/mol. The van der Waals surface area contributed by atoms with Crippen molar-refractivity contribution in [3.63, 3.8) is 0 Å². The number of esters is 1. The van der Waals surface area contributed by atoms with E-state index < -0.39 is 21.7 Å². The van der Waals surface area contributed by atoms with Gasteiger partial charge in [0.25, 0.3) is 0 Å². The van der Waals surface area contributed by atoms with E-state index in [2.05, 4.69) is 4.74 Å². The van der Waals surface area contributed by atoms with Gasteiger partial charge in [0.15, 0.2) is 5.75 Å². The molecule has 0 saturated carbocycles. The molecule has 0 fully saturated rings. The molecule has 88 valence electrons. The number of methoxy groups -OCH3 is 1. The van der Waals surface area contributed by atoms with Gasteiger partial charge in [-0.2, -0.15) is 0 Å². The van der Waals surface area contributed by atoms with Crippen LogP contribution in [-0.2, 0) is 24.3 Å². The number of carbonyl (C=O) groups excluding carboxylic acids is 2. The van der Waals surface area contributed by atoms with Crippen LogP contribution >= 0.6 is 0 Å². The first-order valence-electron chi connectivity index (χ1n) is 4.35. The quantitative estimate of drug-likeness (QED) is 0.617. The second kappa shape index (κ2) is 5.82. The molecule has 0 aliphatic heterocycles. The highest BCUT2D eigenvalue weighted by molar-refractivity contribution is 7.90. The van der Waals surface area contributed by atoms with Gasteiger partial charge in [0, 0.05) is 5.92 Å². The summed E-state index contributed by atoms with van der Waals surface area (Å²) in [5.74, 6) is -2.11. The Morgan fingerprint density at radius 3 is 2.27 bits per heavy atom. The van der Waals surface area contributed by atoms with E-state index in [9.17, 15) is 18.0 Å². The molecule has 0 saturated heterocycles. The largest absolute Gasteiger partial charge is 0.468 e. The lowest BCUT2D eigenvalue weighted by Gasteiger charge is -2.06. The van der Waals surface area contributed by atoms with E-state index in [4.69, 9.17) is 0 Å². The van der Waals surface area contributed by atoms with Crippen LogP contribution in [0.1, 0.15) is 13.8 Å². The minimum atomic E-state index is -3.77. The van der Waals surface area contributed by atoms with Crippen LogP contribution in [0.4, 0.5) is 0 Å². The molecule has 0 aliphatic rings. The molecule has 6 nitrogen and oxygen atoms in total. The van der Waals surface area contributed by atoms with Gasteiger partial charge in [0.2, 0.25) is 10.0 Å². The average Bonchev–Trinajstić information content (AvgIpc) is 2.13. The zero-order valence-corrected chi connectivity index (χ0v) is 9.76. The molecule has 0 heterocycles. The first kappa shape index (κ1) is 14.1. The van der Waals surface area contributed by atoms with Crippen LogP contribution in [0, 0.1) is 5.92 Å². The number of Topliss-reactive ketones (excluding diaryl/α,β-unsaturated/α-hetero) is 1. The number of ketones is 1. The van der Waals surface area contributed by atoms with Crippen LogP contribution in [0.25, 0.3) is 0 Å². The van der Waals surface area contributed by atoms with E-state index in [-0.39, 0.29) is 18.2 Å². The van der Waals surface area contributed by atoms with Crippen molar-refractivity contribution >= 4 is 21.8 Å². The summed E-state index contributed by atoms with van der Waals surface area (Å²) in [6, 6.07) is 0. The van der Waals surface area contributed by atoms with Crippen molar-refractivity contribution < 1.29 is 22.7 Å². The summed E-state index contributed by atoms with van der Waals surface area (Å²) in [7, 11) is -2.67. The minimum Gasteiger partial charge on any atom is -0.468 e. The summed E-state index contributed by atoms with van der Waals surface area (Å²) in [4.78, 5) is 21.8. The highest BCUT2D eigenvalue weighted by Gasteiger charge is 2.18. The zero-order chi connectivity index (χ0) is 12.1. The molecule has 0 aromatic rings. The maximum Gasteiger partial charge on any atom is 0.322 e. The van der Waals surface area contributed by atoms with Gasteiger partial charge in [-0.1, -0.05) is 13.8 Å². The van der Waals surface area contributed by atoms with Gasteiger partial charge in [-0.3, -0.25) is 9.59 Å². The molecule has 0 aliphatic carbocycles. The summed E-state index contributed by atoms with van der Waals surface area (Å²) < 4.78 is 28.5. The molecule has 15 heavy (non-hydrogen) atoms. The normalized spacial score (nSPS) is 11.5. The molecule has 0 aromatic heterocycles. The summed E-state index contributed by atoms with van der Waals surface area (Å²) in [6.07, 6.45) is 0. The maximum atomic E-state index is 11.2. The van der Waals surface area contributed by atoms with Crippen molar-refractivity contribution in [1.29, 1.82) is 0 Å². The Balaban J connectivity index is 4.17. The lowest BCUT2D eigenvalue weighted by molar-refractivity contribution is -0.137. The number of sulfonamides is 1. The molecule has 7 heteroatoms. The number of rotatable bonds is 6. The number of hydrogen-bond donors (Lipinski definition) is 1. The standard InChI is InChI=1S/C8H15NO5S/c1-6(2)7(10)4-9-15(12,13)5-8(11)14-3/h6,9H,4-5H2,1-3H3. The van der Waals surface area contributed by atoms with Gasteiger partial charge in [0.05, 0.1) is 13.7 Å². The van der Waals surface area contributed by atoms with Crippen LogP contribution < -0.4 is 4.72 Å². The van der Waals surface area contributed by atoms with E-state index in [0.29, 0.717) is 0 Å². The number of carbonyl (C=O) groups is 2. The Bertz CT molecular complexity index is 333. The molecule has 1 N–H and O–H groups in total. The van der Waals surface area contributed by atoms with Crippen LogP contribution in [0.5, 0.6) is 0 Å². The highest BCUT2D eigenvalue weighted by atomic mass is 32.2. The SMILES string of the molecule is COC(=O)CS(=O)(=O)NCC(=O)C(C)C. The van der Waals surface area contributed by atoms with E-state index in [0.717, 1.165) is 7.11 Å². The monoisotopic (exact) mass is 237 g/mol. The zero-order valence-electron chi connectivity index (χ0n) is 8.94. The van der Waals surface area contributed by atoms with Gasteiger partial charge in [0.1, 0.15) is 5.78 Å². The van der Waals surface area contributed by atoms with E-state index in [1.807, 2.05) is 4.72 Å². The summed E-state index contributed by atoms with van der Waals surface area (Å²) >= 11 is 0. The summed E-state index contributed by atoms with van der Waals surface area (Å²) in [6.45, 7) is 3.03. The Labute approximate surface area is 89.0 Å². The molecular formula is C8H15NO5S. The minimum absolute atomic E-state index is 0.233. The van der Waals surface area contributed by atoms with Gasteiger partial charge >= 0.3 is 5.97 Å². The predicted octanol–water partition coefficient (Wildman–Crippen LogP) is -0.696. The number of ether oxygens (including phenoxy) is 1. The number of hydrogen-bond acceptors (Lipinski definition) is 5. The molecule has 0 rings (SSSR count). The first-order valence-corrected chi connectivity index (χ1v) is 6.00. The molecule has 0 aromatic carbocycles. The van der Waals surface area contributed by atoms with Gasteiger partial charge < -0.3 is 4.74 Å². The summed E-state index contributed by atoms with van der Waals surface area (Å²) in [5, 5.41) is 0. The second-order valence-corrected chi connectivity index (χ2v) is 5.08. The number of nitrogens with one attached hydrogen (secondary N) is 1. The third-order valence-corrected chi connectivity index (χ3v) is 2.85. The topological polar surface area (TPSA) is 89.5 Å². The fourth-order valence-electron chi connectivity index (χ4n) is 0.650. The second-order valence-electron chi connectivity index (χ2n) is 3.28. The Hall–Kier alpha value is -0.950. The fourth-order valence-corrected chi connectivity index (χ4v) is 1.54. The molecule has 0 spiro atoms. The smallest absolute Gasteiger partial charge is 0.322 e. The van der Waals surface area contributed by atoms with Crippen molar-refractivity contribution in [2.75, 3.05) is 19.4 Å². The van der Waals surface area contributed by atoms with Gasteiger partial charge in [-0.05, 0) is 0 Å². The van der Waals surface area contributed by atoms with Crippen molar-refractivity contribution in [2.24, 2.45) is 5.92 Å². The molecule has 0 radical (unpaired) electrons. The fraction of sp³-hybridized carbons (Fsp3) is 0.750. The lowest BCUT2D eigenvalue weighted by atomic mass is 10.1. The van der Waals surface area contributed by atoms with Crippen LogP contribution in [0.3, 0.4) is 0 Å². The van der Waals surface area contributed by atoms with Crippen molar-refractivity contribution in [1.82, 2.24) is 4.72 Å². The van der Waals surface area contributed by atoms with Crippen molar-refractivity contribution in [3.8, 4) is 0 Å². The maximum absolute atomic E-state index is 11.2. The van der Waals surface area contributed by atoms with E-state index in [1.165, 1.54) is 0 Å². The van der Waals surface area contributed by atoms with Crippen LogP contribution in [-0.4, -0.2) is 39.6 Å². The average molecular weight is 237 g/mol.